The van der Waals surface area contributed by atoms with Crippen molar-refractivity contribution in [2.45, 2.75) is 46.6 Å². The third-order valence-corrected chi connectivity index (χ3v) is 3.08. The Morgan fingerprint density at radius 1 is 1.13 bits per heavy atom. The molecular formula is C14H23N. The van der Waals surface area contributed by atoms with E-state index in [0.29, 0.717) is 6.04 Å². The molecule has 0 saturated heterocycles. The van der Waals surface area contributed by atoms with Crippen LogP contribution in [-0.2, 0) is 6.42 Å². The van der Waals surface area contributed by atoms with Crippen LogP contribution in [0.4, 0.5) is 0 Å². The van der Waals surface area contributed by atoms with Gasteiger partial charge in [-0.3, -0.25) is 0 Å². The molecule has 1 N–H and O–H groups in total. The van der Waals surface area contributed by atoms with E-state index in [0.717, 1.165) is 13.0 Å². The van der Waals surface area contributed by atoms with Gasteiger partial charge >= 0.3 is 0 Å². The van der Waals surface area contributed by atoms with Gasteiger partial charge in [-0.1, -0.05) is 32.0 Å². The smallest absolute Gasteiger partial charge is 0.0105 e. The Kier molecular flexibility index (Phi) is 4.83. The van der Waals surface area contributed by atoms with Crippen molar-refractivity contribution >= 4 is 0 Å². The molecule has 0 radical (unpaired) electrons. The fraction of sp³-hybridized carbons (Fsp3) is 0.571. The molecule has 1 atom stereocenters. The molecule has 0 spiro atoms. The first-order valence-corrected chi connectivity index (χ1v) is 5.97. The van der Waals surface area contributed by atoms with Crippen molar-refractivity contribution in [3.8, 4) is 0 Å². The summed E-state index contributed by atoms with van der Waals surface area (Å²) in [5, 5.41) is 3.54. The lowest BCUT2D eigenvalue weighted by Gasteiger charge is -2.18. The van der Waals surface area contributed by atoms with E-state index < -0.39 is 0 Å². The van der Waals surface area contributed by atoms with Gasteiger partial charge in [0.15, 0.2) is 0 Å². The number of benzene rings is 1. The highest BCUT2D eigenvalue weighted by Gasteiger charge is 2.09. The van der Waals surface area contributed by atoms with Crippen LogP contribution in [0.3, 0.4) is 0 Å². The zero-order valence-electron chi connectivity index (χ0n) is 10.4. The summed E-state index contributed by atoms with van der Waals surface area (Å²) >= 11 is 0. The largest absolute Gasteiger partial charge is 0.314 e. The fourth-order valence-electron chi connectivity index (χ4n) is 2.07. The summed E-state index contributed by atoms with van der Waals surface area (Å²) in [5.41, 5.74) is 4.36. The van der Waals surface area contributed by atoms with Crippen molar-refractivity contribution in [3.63, 3.8) is 0 Å². The lowest BCUT2D eigenvalue weighted by molar-refractivity contribution is 0.508. The first-order chi connectivity index (χ1) is 7.19. The van der Waals surface area contributed by atoms with E-state index in [1.807, 2.05) is 0 Å². The Balaban J connectivity index is 2.78. The summed E-state index contributed by atoms with van der Waals surface area (Å²) in [6.07, 6.45) is 2.35. The molecule has 0 amide bonds. The van der Waals surface area contributed by atoms with E-state index in [2.05, 4.69) is 51.2 Å². The molecule has 0 aromatic heterocycles. The summed E-state index contributed by atoms with van der Waals surface area (Å²) in [4.78, 5) is 0. The maximum atomic E-state index is 3.54. The molecule has 0 bridgehead atoms. The van der Waals surface area contributed by atoms with Crippen LogP contribution in [0.5, 0.6) is 0 Å². The van der Waals surface area contributed by atoms with Gasteiger partial charge in [-0.15, -0.1) is 0 Å². The standard InChI is InChI=1S/C14H23N/c1-5-13(15-6-2)10-14-11(3)8-7-9-12(14)4/h7-9,13,15H,5-6,10H2,1-4H3. The van der Waals surface area contributed by atoms with Crippen LogP contribution < -0.4 is 5.32 Å². The van der Waals surface area contributed by atoms with Gasteiger partial charge in [-0.25, -0.2) is 0 Å². The van der Waals surface area contributed by atoms with Gasteiger partial charge in [-0.05, 0) is 49.9 Å². The lowest BCUT2D eigenvalue weighted by Crippen LogP contribution is -2.30. The molecule has 1 aromatic rings. The van der Waals surface area contributed by atoms with Gasteiger partial charge in [-0.2, -0.15) is 0 Å². The van der Waals surface area contributed by atoms with Crippen molar-refractivity contribution in [2.24, 2.45) is 0 Å². The Hall–Kier alpha value is -0.820. The van der Waals surface area contributed by atoms with Crippen molar-refractivity contribution in [1.82, 2.24) is 5.32 Å². The van der Waals surface area contributed by atoms with E-state index in [1.165, 1.54) is 23.1 Å². The quantitative estimate of drug-likeness (QED) is 0.778. The molecule has 1 aromatic carbocycles. The Morgan fingerprint density at radius 2 is 1.73 bits per heavy atom. The highest BCUT2D eigenvalue weighted by Crippen LogP contribution is 2.16. The zero-order chi connectivity index (χ0) is 11.3. The minimum atomic E-state index is 0.620. The van der Waals surface area contributed by atoms with Gasteiger partial charge in [0.25, 0.3) is 0 Å². The van der Waals surface area contributed by atoms with Crippen molar-refractivity contribution in [2.75, 3.05) is 6.54 Å². The van der Waals surface area contributed by atoms with E-state index in [9.17, 15) is 0 Å². The van der Waals surface area contributed by atoms with Gasteiger partial charge in [0.05, 0.1) is 0 Å². The van der Waals surface area contributed by atoms with Crippen molar-refractivity contribution in [3.05, 3.63) is 34.9 Å². The molecule has 84 valence electrons. The topological polar surface area (TPSA) is 12.0 Å². The van der Waals surface area contributed by atoms with Gasteiger partial charge < -0.3 is 5.32 Å². The second-order valence-corrected chi connectivity index (χ2v) is 4.24. The van der Waals surface area contributed by atoms with Gasteiger partial charge in [0, 0.05) is 6.04 Å². The molecule has 0 aliphatic rings. The Bertz CT molecular complexity index is 284. The van der Waals surface area contributed by atoms with Crippen LogP contribution in [0.25, 0.3) is 0 Å². The van der Waals surface area contributed by atoms with Crippen molar-refractivity contribution in [1.29, 1.82) is 0 Å². The van der Waals surface area contributed by atoms with E-state index in [4.69, 9.17) is 0 Å². The molecule has 1 nitrogen and oxygen atoms in total. The first-order valence-electron chi connectivity index (χ1n) is 5.97. The Labute approximate surface area is 93.9 Å². The second-order valence-electron chi connectivity index (χ2n) is 4.24. The number of likely N-dealkylation sites (N-methyl/N-ethyl adjacent to an activating group) is 1. The summed E-state index contributed by atoms with van der Waals surface area (Å²) in [7, 11) is 0. The minimum absolute atomic E-state index is 0.620. The molecule has 0 heterocycles. The first kappa shape index (κ1) is 12.3. The molecule has 0 fully saturated rings. The normalized spacial score (nSPS) is 12.8. The summed E-state index contributed by atoms with van der Waals surface area (Å²) in [5.74, 6) is 0. The molecule has 15 heavy (non-hydrogen) atoms. The zero-order valence-corrected chi connectivity index (χ0v) is 10.4. The minimum Gasteiger partial charge on any atom is -0.314 e. The number of aryl methyl sites for hydroxylation is 2. The molecule has 1 unspecified atom stereocenters. The molecule has 0 saturated carbocycles. The van der Waals surface area contributed by atoms with Crippen LogP contribution in [0.2, 0.25) is 0 Å². The predicted octanol–water partition coefficient (Wildman–Crippen LogP) is 3.23. The second kappa shape index (κ2) is 5.92. The predicted molar refractivity (Wildman–Crippen MR) is 67.4 cm³/mol. The molecule has 0 aliphatic carbocycles. The monoisotopic (exact) mass is 205 g/mol. The average molecular weight is 205 g/mol. The van der Waals surface area contributed by atoms with Crippen LogP contribution in [0.1, 0.15) is 37.0 Å². The van der Waals surface area contributed by atoms with Crippen molar-refractivity contribution < 1.29 is 0 Å². The third kappa shape index (κ3) is 3.35. The summed E-state index contributed by atoms with van der Waals surface area (Å²) in [6, 6.07) is 7.18. The molecule has 1 heteroatoms. The van der Waals surface area contributed by atoms with Crippen LogP contribution in [-0.4, -0.2) is 12.6 Å². The average Bonchev–Trinajstić information content (AvgIpc) is 2.22. The maximum Gasteiger partial charge on any atom is 0.0105 e. The molecule has 0 aliphatic heterocycles. The van der Waals surface area contributed by atoms with E-state index in [1.54, 1.807) is 0 Å². The summed E-state index contributed by atoms with van der Waals surface area (Å²) < 4.78 is 0. The summed E-state index contributed by atoms with van der Waals surface area (Å²) in [6.45, 7) is 9.90. The number of hydrogen-bond acceptors (Lipinski definition) is 1. The molecular weight excluding hydrogens is 182 g/mol. The lowest BCUT2D eigenvalue weighted by atomic mass is 9.95. The molecule has 1 rings (SSSR count). The van der Waals surface area contributed by atoms with E-state index in [-0.39, 0.29) is 0 Å². The van der Waals surface area contributed by atoms with Crippen LogP contribution in [0, 0.1) is 13.8 Å². The number of hydrogen-bond donors (Lipinski definition) is 1. The Morgan fingerprint density at radius 3 is 2.20 bits per heavy atom. The highest BCUT2D eigenvalue weighted by molar-refractivity contribution is 5.34. The van der Waals surface area contributed by atoms with Crippen LogP contribution >= 0.6 is 0 Å². The SMILES string of the molecule is CCNC(CC)Cc1c(C)cccc1C. The van der Waals surface area contributed by atoms with Gasteiger partial charge in [0.2, 0.25) is 0 Å². The maximum absolute atomic E-state index is 3.54. The van der Waals surface area contributed by atoms with E-state index >= 15 is 0 Å². The fourth-order valence-corrected chi connectivity index (χ4v) is 2.07. The number of nitrogens with one attached hydrogen (secondary N) is 1. The van der Waals surface area contributed by atoms with Crippen LogP contribution in [0.15, 0.2) is 18.2 Å². The van der Waals surface area contributed by atoms with Gasteiger partial charge in [0.1, 0.15) is 0 Å². The third-order valence-electron chi connectivity index (χ3n) is 3.08. The highest BCUT2D eigenvalue weighted by atomic mass is 14.9. The number of rotatable bonds is 5.